The maximum absolute atomic E-state index is 7.99. The van der Waals surface area contributed by atoms with Crippen molar-refractivity contribution in [3.05, 3.63) is 10.4 Å². The van der Waals surface area contributed by atoms with Crippen molar-refractivity contribution in [1.29, 1.82) is 0 Å². The number of rotatable bonds is 4. The first kappa shape index (κ1) is 8.31. The highest BCUT2D eigenvalue weighted by Crippen LogP contribution is 2.02. The Balaban J connectivity index is 3.26. The summed E-state index contributed by atoms with van der Waals surface area (Å²) in [5.74, 6) is 0. The van der Waals surface area contributed by atoms with Crippen LogP contribution in [0.5, 0.6) is 0 Å². The zero-order valence-corrected chi connectivity index (χ0v) is 6.04. The Morgan fingerprint density at radius 3 is 2.78 bits per heavy atom. The molecule has 0 fully saturated rings. The third-order valence-electron chi connectivity index (χ3n) is 1.22. The van der Waals surface area contributed by atoms with Gasteiger partial charge in [0.2, 0.25) is 0 Å². The van der Waals surface area contributed by atoms with Crippen LogP contribution in [0.25, 0.3) is 10.4 Å². The van der Waals surface area contributed by atoms with Gasteiger partial charge in [-0.2, -0.15) is 0 Å². The number of nitrogens with zero attached hydrogens (tertiary/aromatic N) is 3. The minimum atomic E-state index is 0.176. The lowest BCUT2D eigenvalue weighted by molar-refractivity contribution is 0.613. The second-order valence-corrected chi connectivity index (χ2v) is 2.20. The summed E-state index contributed by atoms with van der Waals surface area (Å²) < 4.78 is 0. The average Bonchev–Trinajstić information content (AvgIpc) is 1.85. The zero-order valence-electron chi connectivity index (χ0n) is 6.04. The Bertz CT molecular complexity index is 105. The second kappa shape index (κ2) is 5.45. The third-order valence-corrected chi connectivity index (χ3v) is 1.22. The average molecular weight is 127 g/mol. The van der Waals surface area contributed by atoms with Crippen LogP contribution in [-0.2, 0) is 0 Å². The van der Waals surface area contributed by atoms with E-state index < -0.39 is 0 Å². The Hall–Kier alpha value is -0.690. The zero-order chi connectivity index (χ0) is 7.11. The highest BCUT2D eigenvalue weighted by atomic mass is 15.1. The molecule has 0 aliphatic carbocycles. The largest absolute Gasteiger partial charge is 0.0909 e. The van der Waals surface area contributed by atoms with Gasteiger partial charge in [0.1, 0.15) is 0 Å². The lowest BCUT2D eigenvalue weighted by Crippen LogP contribution is -1.94. The molecule has 3 nitrogen and oxygen atoms in total. The molecule has 0 radical (unpaired) electrons. The van der Waals surface area contributed by atoms with Gasteiger partial charge in [0.25, 0.3) is 0 Å². The van der Waals surface area contributed by atoms with Gasteiger partial charge in [-0.05, 0) is 12.0 Å². The topological polar surface area (TPSA) is 48.8 Å². The van der Waals surface area contributed by atoms with E-state index >= 15 is 0 Å². The van der Waals surface area contributed by atoms with E-state index in [9.17, 15) is 0 Å². The molecule has 0 aliphatic rings. The van der Waals surface area contributed by atoms with Crippen LogP contribution in [0.3, 0.4) is 0 Å². The van der Waals surface area contributed by atoms with Crippen LogP contribution in [-0.4, -0.2) is 6.04 Å². The predicted octanol–water partition coefficient (Wildman–Crippen LogP) is 2.88. The molecule has 0 saturated heterocycles. The molecule has 0 aliphatic heterocycles. The van der Waals surface area contributed by atoms with Crippen molar-refractivity contribution in [3.8, 4) is 0 Å². The first-order valence-corrected chi connectivity index (χ1v) is 3.35. The number of unbranched alkanes of at least 4 members (excludes halogenated alkanes) is 1. The maximum Gasteiger partial charge on any atom is 0.0345 e. The molecule has 0 amide bonds. The fourth-order valence-electron chi connectivity index (χ4n) is 0.645. The molecule has 0 aromatic heterocycles. The molecule has 0 saturated carbocycles. The van der Waals surface area contributed by atoms with Crippen molar-refractivity contribution >= 4 is 0 Å². The van der Waals surface area contributed by atoms with Crippen molar-refractivity contribution in [2.24, 2.45) is 5.11 Å². The van der Waals surface area contributed by atoms with Crippen molar-refractivity contribution < 1.29 is 0 Å². The van der Waals surface area contributed by atoms with Crippen LogP contribution in [0.2, 0.25) is 0 Å². The molecule has 0 aromatic carbocycles. The Morgan fingerprint density at radius 2 is 2.33 bits per heavy atom. The lowest BCUT2D eigenvalue weighted by Gasteiger charge is -1.99. The SMILES string of the molecule is CCCC[C@@H](C)N=[N+]=[N-]. The summed E-state index contributed by atoms with van der Waals surface area (Å²) in [4.78, 5) is 2.71. The summed E-state index contributed by atoms with van der Waals surface area (Å²) in [6.07, 6.45) is 3.34. The maximum atomic E-state index is 7.99. The minimum Gasteiger partial charge on any atom is -0.0909 e. The summed E-state index contributed by atoms with van der Waals surface area (Å²) in [5.41, 5.74) is 7.99. The molecule has 52 valence electrons. The minimum absolute atomic E-state index is 0.176. The van der Waals surface area contributed by atoms with E-state index in [4.69, 9.17) is 5.53 Å². The Kier molecular flexibility index (Phi) is 5.03. The van der Waals surface area contributed by atoms with E-state index in [1.165, 1.54) is 6.42 Å². The highest BCUT2D eigenvalue weighted by molar-refractivity contribution is 4.59. The first-order valence-electron chi connectivity index (χ1n) is 3.35. The van der Waals surface area contributed by atoms with E-state index in [0.717, 1.165) is 12.8 Å². The van der Waals surface area contributed by atoms with Gasteiger partial charge in [-0.1, -0.05) is 31.8 Å². The molecule has 0 heterocycles. The molecule has 0 rings (SSSR count). The summed E-state index contributed by atoms with van der Waals surface area (Å²) in [6, 6.07) is 0.176. The normalized spacial score (nSPS) is 12.2. The van der Waals surface area contributed by atoms with Crippen LogP contribution >= 0.6 is 0 Å². The molecular weight excluding hydrogens is 114 g/mol. The first-order chi connectivity index (χ1) is 4.31. The van der Waals surface area contributed by atoms with E-state index in [-0.39, 0.29) is 6.04 Å². The molecule has 0 bridgehead atoms. The van der Waals surface area contributed by atoms with E-state index in [2.05, 4.69) is 16.9 Å². The van der Waals surface area contributed by atoms with Crippen molar-refractivity contribution in [3.63, 3.8) is 0 Å². The highest BCUT2D eigenvalue weighted by Gasteiger charge is 1.94. The van der Waals surface area contributed by atoms with E-state index in [1.54, 1.807) is 0 Å². The van der Waals surface area contributed by atoms with E-state index in [1.807, 2.05) is 6.92 Å². The summed E-state index contributed by atoms with van der Waals surface area (Å²) >= 11 is 0. The lowest BCUT2D eigenvalue weighted by atomic mass is 10.2. The molecule has 9 heavy (non-hydrogen) atoms. The van der Waals surface area contributed by atoms with Crippen molar-refractivity contribution in [1.82, 2.24) is 0 Å². The molecule has 0 spiro atoms. The number of hydrogen-bond acceptors (Lipinski definition) is 1. The van der Waals surface area contributed by atoms with Crippen LogP contribution < -0.4 is 0 Å². The smallest absolute Gasteiger partial charge is 0.0345 e. The Morgan fingerprint density at radius 1 is 1.67 bits per heavy atom. The van der Waals surface area contributed by atoms with Crippen molar-refractivity contribution in [2.75, 3.05) is 0 Å². The fraction of sp³-hybridized carbons (Fsp3) is 1.00. The molecule has 0 N–H and O–H groups in total. The molecule has 0 aromatic rings. The molecule has 1 atom stereocenters. The van der Waals surface area contributed by atoms with E-state index in [0.29, 0.717) is 0 Å². The van der Waals surface area contributed by atoms with Gasteiger partial charge in [0.05, 0.1) is 0 Å². The Labute approximate surface area is 55.7 Å². The summed E-state index contributed by atoms with van der Waals surface area (Å²) in [7, 11) is 0. The molecule has 0 unspecified atom stereocenters. The fourth-order valence-corrected chi connectivity index (χ4v) is 0.645. The van der Waals surface area contributed by atoms with Crippen LogP contribution in [0.1, 0.15) is 33.1 Å². The summed E-state index contributed by atoms with van der Waals surface area (Å²) in [6.45, 7) is 4.07. The predicted molar refractivity (Wildman–Crippen MR) is 38.1 cm³/mol. The van der Waals surface area contributed by atoms with Gasteiger partial charge in [0, 0.05) is 11.0 Å². The number of hydrogen-bond donors (Lipinski definition) is 0. The second-order valence-electron chi connectivity index (χ2n) is 2.20. The molecule has 3 heteroatoms. The van der Waals surface area contributed by atoms with Gasteiger partial charge < -0.3 is 0 Å². The van der Waals surface area contributed by atoms with Gasteiger partial charge in [-0.25, -0.2) is 0 Å². The van der Waals surface area contributed by atoms with Gasteiger partial charge >= 0.3 is 0 Å². The van der Waals surface area contributed by atoms with Gasteiger partial charge in [-0.15, -0.1) is 0 Å². The molecular formula is C6H13N3. The van der Waals surface area contributed by atoms with Crippen molar-refractivity contribution in [2.45, 2.75) is 39.2 Å². The standard InChI is InChI=1S/C6H13N3/c1-3-4-5-6(2)8-9-7/h6H,3-5H2,1-2H3/t6-/m1/s1. The number of azide groups is 1. The van der Waals surface area contributed by atoms with Gasteiger partial charge in [-0.3, -0.25) is 0 Å². The van der Waals surface area contributed by atoms with Crippen LogP contribution in [0, 0.1) is 0 Å². The van der Waals surface area contributed by atoms with Gasteiger partial charge in [0.15, 0.2) is 0 Å². The third kappa shape index (κ3) is 5.18. The monoisotopic (exact) mass is 127 g/mol. The summed E-state index contributed by atoms with van der Waals surface area (Å²) in [5, 5.41) is 3.54. The quantitative estimate of drug-likeness (QED) is 0.317. The van der Waals surface area contributed by atoms with Crippen LogP contribution in [0.15, 0.2) is 5.11 Å². The van der Waals surface area contributed by atoms with Crippen LogP contribution in [0.4, 0.5) is 0 Å².